The van der Waals surface area contributed by atoms with Crippen LogP contribution in [0.4, 0.5) is 0 Å². The van der Waals surface area contributed by atoms with E-state index in [9.17, 15) is 4.79 Å². The van der Waals surface area contributed by atoms with Crippen LogP contribution in [-0.2, 0) is 4.79 Å². The van der Waals surface area contributed by atoms with Crippen molar-refractivity contribution in [3.8, 4) is 0 Å². The molecule has 0 unspecified atom stereocenters. The minimum absolute atomic E-state index is 0.292. The van der Waals surface area contributed by atoms with Crippen molar-refractivity contribution in [3.63, 3.8) is 0 Å². The number of likely N-dealkylation sites (tertiary alicyclic amines) is 1. The van der Waals surface area contributed by atoms with E-state index in [2.05, 4.69) is 10.2 Å². The lowest BCUT2D eigenvalue weighted by Crippen LogP contribution is -2.66. The van der Waals surface area contributed by atoms with E-state index in [1.807, 2.05) is 0 Å². The van der Waals surface area contributed by atoms with Gasteiger partial charge in [-0.05, 0) is 31.1 Å². The lowest BCUT2D eigenvalue weighted by molar-refractivity contribution is -0.139. The fraction of sp³-hybridized carbons (Fsp3) is 0.917. The molecule has 3 rings (SSSR count). The van der Waals surface area contributed by atoms with Crippen LogP contribution in [0.1, 0.15) is 32.1 Å². The molecule has 0 atom stereocenters. The molecule has 0 radical (unpaired) electrons. The Balaban J connectivity index is 1.33. The second kappa shape index (κ2) is 3.70. The van der Waals surface area contributed by atoms with Crippen molar-refractivity contribution < 1.29 is 9.90 Å². The van der Waals surface area contributed by atoms with Crippen LogP contribution in [0.5, 0.6) is 0 Å². The molecule has 4 nitrogen and oxygen atoms in total. The Morgan fingerprint density at radius 3 is 2.56 bits per heavy atom. The molecule has 4 heteroatoms. The van der Waals surface area contributed by atoms with Crippen LogP contribution in [0.2, 0.25) is 0 Å². The van der Waals surface area contributed by atoms with E-state index >= 15 is 0 Å². The van der Waals surface area contributed by atoms with Gasteiger partial charge in [-0.25, -0.2) is 0 Å². The number of rotatable bonds is 5. The van der Waals surface area contributed by atoms with Gasteiger partial charge in [-0.3, -0.25) is 4.79 Å². The van der Waals surface area contributed by atoms with Gasteiger partial charge >= 0.3 is 5.97 Å². The zero-order valence-electron chi connectivity index (χ0n) is 9.61. The van der Waals surface area contributed by atoms with Crippen LogP contribution >= 0.6 is 0 Å². The Morgan fingerprint density at radius 1 is 1.31 bits per heavy atom. The monoisotopic (exact) mass is 224 g/mol. The highest BCUT2D eigenvalue weighted by atomic mass is 16.4. The first-order chi connectivity index (χ1) is 7.65. The molecule has 0 aromatic heterocycles. The zero-order valence-corrected chi connectivity index (χ0v) is 9.61. The van der Waals surface area contributed by atoms with Crippen molar-refractivity contribution in [2.24, 2.45) is 5.41 Å². The van der Waals surface area contributed by atoms with E-state index in [0.717, 1.165) is 31.7 Å². The maximum absolute atomic E-state index is 10.4. The molecule has 2 aliphatic carbocycles. The Bertz CT molecular complexity index is 287. The van der Waals surface area contributed by atoms with Gasteiger partial charge in [-0.15, -0.1) is 0 Å². The van der Waals surface area contributed by atoms with Gasteiger partial charge in [0.05, 0.1) is 6.42 Å². The standard InChI is InChI=1S/C12H20N2O2/c15-11(16)3-4-14-7-12(8-14)5-10(6-12)13-9-1-2-9/h9-10,13H,1-8H2,(H,15,16). The smallest absolute Gasteiger partial charge is 0.304 e. The van der Waals surface area contributed by atoms with Crippen LogP contribution in [-0.4, -0.2) is 47.7 Å². The van der Waals surface area contributed by atoms with Crippen molar-refractivity contribution >= 4 is 5.97 Å². The minimum Gasteiger partial charge on any atom is -0.481 e. The summed E-state index contributed by atoms with van der Waals surface area (Å²) in [6.45, 7) is 2.99. The summed E-state index contributed by atoms with van der Waals surface area (Å²) in [6, 6.07) is 1.58. The summed E-state index contributed by atoms with van der Waals surface area (Å²) >= 11 is 0. The predicted octanol–water partition coefficient (Wildman–Crippen LogP) is 0.677. The Labute approximate surface area is 96.0 Å². The lowest BCUT2D eigenvalue weighted by atomic mass is 9.60. The first-order valence-electron chi connectivity index (χ1n) is 6.35. The molecule has 90 valence electrons. The summed E-state index contributed by atoms with van der Waals surface area (Å²) in [5.41, 5.74) is 0.561. The van der Waals surface area contributed by atoms with E-state index in [-0.39, 0.29) is 0 Å². The number of aliphatic carboxylic acids is 1. The fourth-order valence-corrected chi connectivity index (χ4v) is 3.26. The summed E-state index contributed by atoms with van der Waals surface area (Å²) in [6.07, 6.45) is 5.66. The average molecular weight is 224 g/mol. The van der Waals surface area contributed by atoms with Crippen LogP contribution in [0, 0.1) is 5.41 Å². The van der Waals surface area contributed by atoms with E-state index < -0.39 is 5.97 Å². The second-order valence-electron chi connectivity index (χ2n) is 5.90. The van der Waals surface area contributed by atoms with Gasteiger partial charge in [0.25, 0.3) is 0 Å². The molecule has 2 saturated carbocycles. The summed E-state index contributed by atoms with van der Waals surface area (Å²) in [4.78, 5) is 12.7. The normalized spacial score (nSPS) is 28.8. The third kappa shape index (κ3) is 2.09. The molecule has 16 heavy (non-hydrogen) atoms. The molecule has 1 aliphatic heterocycles. The van der Waals surface area contributed by atoms with Crippen molar-refractivity contribution in [2.75, 3.05) is 19.6 Å². The predicted molar refractivity (Wildman–Crippen MR) is 60.3 cm³/mol. The Kier molecular flexibility index (Phi) is 2.44. The van der Waals surface area contributed by atoms with Gasteiger partial charge in [-0.1, -0.05) is 0 Å². The molecule has 1 spiro atoms. The number of carboxylic acids is 1. The van der Waals surface area contributed by atoms with Crippen molar-refractivity contribution in [1.29, 1.82) is 0 Å². The SMILES string of the molecule is O=C(O)CCN1CC2(CC(NC3CC3)C2)C1. The van der Waals surface area contributed by atoms with Crippen molar-refractivity contribution in [1.82, 2.24) is 10.2 Å². The molecule has 0 amide bonds. The molecule has 2 N–H and O–H groups in total. The molecule has 1 heterocycles. The van der Waals surface area contributed by atoms with Gasteiger partial charge in [0.15, 0.2) is 0 Å². The van der Waals surface area contributed by atoms with E-state index in [1.54, 1.807) is 0 Å². The van der Waals surface area contributed by atoms with E-state index in [0.29, 0.717) is 11.8 Å². The maximum Gasteiger partial charge on any atom is 0.304 e. The van der Waals surface area contributed by atoms with Gasteiger partial charge < -0.3 is 15.3 Å². The lowest BCUT2D eigenvalue weighted by Gasteiger charge is -2.59. The highest BCUT2D eigenvalue weighted by molar-refractivity contribution is 5.66. The second-order valence-corrected chi connectivity index (χ2v) is 5.90. The Hall–Kier alpha value is -0.610. The highest BCUT2D eigenvalue weighted by Gasteiger charge is 2.52. The third-order valence-corrected chi connectivity index (χ3v) is 4.17. The van der Waals surface area contributed by atoms with Crippen molar-refractivity contribution in [3.05, 3.63) is 0 Å². The summed E-state index contributed by atoms with van der Waals surface area (Å²) < 4.78 is 0. The van der Waals surface area contributed by atoms with Gasteiger partial charge in [0, 0.05) is 31.7 Å². The summed E-state index contributed by atoms with van der Waals surface area (Å²) in [5, 5.41) is 12.3. The first kappa shape index (κ1) is 10.5. The molecule has 0 aromatic rings. The van der Waals surface area contributed by atoms with Crippen molar-refractivity contribution in [2.45, 2.75) is 44.2 Å². The molecular weight excluding hydrogens is 204 g/mol. The van der Waals surface area contributed by atoms with Gasteiger partial charge in [-0.2, -0.15) is 0 Å². The fourth-order valence-electron chi connectivity index (χ4n) is 3.26. The van der Waals surface area contributed by atoms with Crippen LogP contribution in [0.3, 0.4) is 0 Å². The zero-order chi connectivity index (χ0) is 11.2. The number of hydrogen-bond donors (Lipinski definition) is 2. The topological polar surface area (TPSA) is 52.6 Å². The molecule has 0 bridgehead atoms. The van der Waals surface area contributed by atoms with Crippen LogP contribution < -0.4 is 5.32 Å². The largest absolute Gasteiger partial charge is 0.481 e. The summed E-state index contributed by atoms with van der Waals surface area (Å²) in [5.74, 6) is -0.678. The van der Waals surface area contributed by atoms with Crippen LogP contribution in [0.25, 0.3) is 0 Å². The molecule has 0 aromatic carbocycles. The molecule has 3 aliphatic rings. The highest BCUT2D eigenvalue weighted by Crippen LogP contribution is 2.48. The van der Waals surface area contributed by atoms with E-state index in [4.69, 9.17) is 5.11 Å². The van der Waals surface area contributed by atoms with Crippen LogP contribution in [0.15, 0.2) is 0 Å². The third-order valence-electron chi connectivity index (χ3n) is 4.17. The minimum atomic E-state index is -0.678. The maximum atomic E-state index is 10.4. The number of carbonyl (C=O) groups is 1. The van der Waals surface area contributed by atoms with E-state index in [1.165, 1.54) is 25.7 Å². The summed E-state index contributed by atoms with van der Waals surface area (Å²) in [7, 11) is 0. The molecule has 3 fully saturated rings. The quantitative estimate of drug-likeness (QED) is 0.721. The number of hydrogen-bond acceptors (Lipinski definition) is 3. The number of nitrogens with one attached hydrogen (secondary N) is 1. The number of nitrogens with zero attached hydrogens (tertiary/aromatic N) is 1. The Morgan fingerprint density at radius 2 is 2.00 bits per heavy atom. The van der Waals surface area contributed by atoms with Gasteiger partial charge in [0.1, 0.15) is 0 Å². The molecular formula is C12H20N2O2. The first-order valence-corrected chi connectivity index (χ1v) is 6.35. The molecule has 1 saturated heterocycles. The van der Waals surface area contributed by atoms with Gasteiger partial charge in [0.2, 0.25) is 0 Å². The average Bonchev–Trinajstić information content (AvgIpc) is 2.88. The number of carboxylic acid groups (broad SMARTS) is 1.